The van der Waals surface area contributed by atoms with Gasteiger partial charge in [0.05, 0.1) is 0 Å². The predicted molar refractivity (Wildman–Crippen MR) is 130 cm³/mol. The second-order valence-corrected chi connectivity index (χ2v) is 10.6. The van der Waals surface area contributed by atoms with E-state index in [1.807, 2.05) is 28.9 Å². The molecule has 0 fully saturated rings. The van der Waals surface area contributed by atoms with Crippen LogP contribution in [0.3, 0.4) is 0 Å². The molecule has 0 bridgehead atoms. The Kier molecular flexibility index (Phi) is 5.93. The summed E-state index contributed by atoms with van der Waals surface area (Å²) in [7, 11) is 0. The number of aromatic nitrogens is 3. The van der Waals surface area contributed by atoms with E-state index in [0.717, 1.165) is 29.0 Å². The van der Waals surface area contributed by atoms with Gasteiger partial charge in [0.2, 0.25) is 11.1 Å². The molecule has 1 aromatic heterocycles. The fourth-order valence-electron chi connectivity index (χ4n) is 4.61. The first kappa shape index (κ1) is 22.7. The van der Waals surface area contributed by atoms with Crippen molar-refractivity contribution in [3.05, 3.63) is 76.7 Å². The van der Waals surface area contributed by atoms with Crippen LogP contribution in [0.15, 0.2) is 65.0 Å². The van der Waals surface area contributed by atoms with E-state index >= 15 is 0 Å². The maximum Gasteiger partial charge on any atom is 0.227 e. The van der Waals surface area contributed by atoms with Gasteiger partial charge in [-0.05, 0) is 41.4 Å². The lowest BCUT2D eigenvalue weighted by Crippen LogP contribution is -2.36. The lowest BCUT2D eigenvalue weighted by molar-refractivity contribution is -0.118. The standard InChI is InChI=1S/C26H27FN4O2S/c1-4-34-25-29-24-28-20-13-26(2,3)14-21(32)22(20)23(31(24)30-25)16-9-11-18(12-10-16)33-15-17-7-5-6-8-19(17)27/h5-12,23H,4,13-15H2,1-3H3,(H,28,29,30). The summed E-state index contributed by atoms with van der Waals surface area (Å²) in [6.07, 6.45) is 1.27. The van der Waals surface area contributed by atoms with Crippen LogP contribution in [-0.4, -0.2) is 26.3 Å². The van der Waals surface area contributed by atoms with Crippen LogP contribution in [0, 0.1) is 11.2 Å². The highest BCUT2D eigenvalue weighted by Gasteiger charge is 2.41. The number of ketones is 1. The molecule has 1 atom stereocenters. The van der Waals surface area contributed by atoms with Crippen molar-refractivity contribution in [2.24, 2.45) is 5.41 Å². The van der Waals surface area contributed by atoms with Crippen LogP contribution in [-0.2, 0) is 11.4 Å². The van der Waals surface area contributed by atoms with Gasteiger partial charge < -0.3 is 10.1 Å². The summed E-state index contributed by atoms with van der Waals surface area (Å²) in [6, 6.07) is 13.8. The number of carbonyl (C=O) groups is 1. The fourth-order valence-corrected chi connectivity index (χ4v) is 5.17. The van der Waals surface area contributed by atoms with Crippen molar-refractivity contribution >= 4 is 23.5 Å². The van der Waals surface area contributed by atoms with Crippen LogP contribution in [0.4, 0.5) is 10.3 Å². The highest BCUT2D eigenvalue weighted by Crippen LogP contribution is 2.45. The summed E-state index contributed by atoms with van der Waals surface area (Å²) in [5.41, 5.74) is 3.01. The first-order valence-corrected chi connectivity index (χ1v) is 12.4. The summed E-state index contributed by atoms with van der Waals surface area (Å²) in [6.45, 7) is 6.44. The molecule has 2 aliphatic rings. The molecule has 0 spiro atoms. The predicted octanol–water partition coefficient (Wildman–Crippen LogP) is 5.77. The molecule has 1 aliphatic carbocycles. The van der Waals surface area contributed by atoms with Gasteiger partial charge in [-0.1, -0.05) is 62.9 Å². The smallest absolute Gasteiger partial charge is 0.227 e. The molecule has 0 saturated heterocycles. The number of nitrogens with one attached hydrogen (secondary N) is 1. The van der Waals surface area contributed by atoms with Crippen molar-refractivity contribution in [1.82, 2.24) is 14.8 Å². The first-order valence-electron chi connectivity index (χ1n) is 11.4. The van der Waals surface area contributed by atoms with E-state index in [2.05, 4.69) is 31.1 Å². The van der Waals surface area contributed by atoms with Crippen LogP contribution in [0.2, 0.25) is 0 Å². The van der Waals surface area contributed by atoms with Crippen molar-refractivity contribution in [2.75, 3.05) is 11.1 Å². The Balaban J connectivity index is 1.47. The van der Waals surface area contributed by atoms with Gasteiger partial charge in [0.1, 0.15) is 24.2 Å². The monoisotopic (exact) mass is 478 g/mol. The SMILES string of the molecule is CCSc1nc2n(n1)C(c1ccc(OCc3ccccc3F)cc1)C1=C(CC(C)(C)CC1=O)N2. The third kappa shape index (κ3) is 4.34. The number of ether oxygens (including phenoxy) is 1. The van der Waals surface area contributed by atoms with Crippen LogP contribution in [0.5, 0.6) is 5.75 Å². The van der Waals surface area contributed by atoms with Crippen LogP contribution in [0.25, 0.3) is 0 Å². The second-order valence-electron chi connectivity index (χ2n) is 9.41. The molecule has 176 valence electrons. The number of hydrogen-bond donors (Lipinski definition) is 1. The number of Topliss-reactive ketones (excluding diaryl/α,β-unsaturated/α-hetero) is 1. The lowest BCUT2D eigenvalue weighted by atomic mass is 9.73. The zero-order chi connectivity index (χ0) is 23.9. The number of carbonyl (C=O) groups excluding carboxylic acids is 1. The van der Waals surface area contributed by atoms with E-state index in [0.29, 0.717) is 28.8 Å². The zero-order valence-corrected chi connectivity index (χ0v) is 20.3. The number of benzene rings is 2. The number of halogens is 1. The number of hydrogen-bond acceptors (Lipinski definition) is 6. The number of nitrogens with zero attached hydrogens (tertiary/aromatic N) is 3. The highest BCUT2D eigenvalue weighted by atomic mass is 32.2. The minimum Gasteiger partial charge on any atom is -0.489 e. The normalized spacial score (nSPS) is 18.8. The molecule has 0 radical (unpaired) electrons. The van der Waals surface area contributed by atoms with Crippen molar-refractivity contribution in [3.63, 3.8) is 0 Å². The van der Waals surface area contributed by atoms with Crippen LogP contribution >= 0.6 is 11.8 Å². The Morgan fingerprint density at radius 2 is 1.94 bits per heavy atom. The molecule has 5 rings (SSSR count). The number of rotatable bonds is 6. The van der Waals surface area contributed by atoms with Crippen molar-refractivity contribution < 1.29 is 13.9 Å². The zero-order valence-electron chi connectivity index (χ0n) is 19.5. The Morgan fingerprint density at radius 1 is 1.18 bits per heavy atom. The van der Waals surface area contributed by atoms with Gasteiger partial charge in [-0.2, -0.15) is 4.98 Å². The Hall–Kier alpha value is -3.13. The van der Waals surface area contributed by atoms with E-state index in [-0.39, 0.29) is 29.7 Å². The summed E-state index contributed by atoms with van der Waals surface area (Å²) in [5.74, 6) is 2.00. The van der Waals surface area contributed by atoms with E-state index in [4.69, 9.17) is 9.84 Å². The molecule has 8 heteroatoms. The molecule has 6 nitrogen and oxygen atoms in total. The van der Waals surface area contributed by atoms with Crippen molar-refractivity contribution in [3.8, 4) is 5.75 Å². The molecule has 34 heavy (non-hydrogen) atoms. The van der Waals surface area contributed by atoms with Gasteiger partial charge in [-0.3, -0.25) is 4.79 Å². The molecule has 0 amide bonds. The molecule has 1 aliphatic heterocycles. The van der Waals surface area contributed by atoms with Gasteiger partial charge in [0, 0.05) is 23.3 Å². The average molecular weight is 479 g/mol. The van der Waals surface area contributed by atoms with Gasteiger partial charge in [-0.25, -0.2) is 9.07 Å². The minimum atomic E-state index is -0.353. The van der Waals surface area contributed by atoms with Gasteiger partial charge >= 0.3 is 0 Å². The van der Waals surface area contributed by atoms with E-state index < -0.39 is 0 Å². The summed E-state index contributed by atoms with van der Waals surface area (Å²) < 4.78 is 21.5. The van der Waals surface area contributed by atoms with Crippen LogP contribution in [0.1, 0.15) is 50.8 Å². The summed E-state index contributed by atoms with van der Waals surface area (Å²) in [5, 5.41) is 8.79. The highest BCUT2D eigenvalue weighted by molar-refractivity contribution is 7.99. The lowest BCUT2D eigenvalue weighted by Gasteiger charge is -2.38. The Morgan fingerprint density at radius 3 is 2.68 bits per heavy atom. The van der Waals surface area contributed by atoms with Gasteiger partial charge in [0.15, 0.2) is 5.78 Å². The van der Waals surface area contributed by atoms with E-state index in [1.165, 1.54) is 6.07 Å². The molecule has 3 aromatic rings. The number of thioether (sulfide) groups is 1. The largest absolute Gasteiger partial charge is 0.489 e. The Labute approximate surface area is 202 Å². The quantitative estimate of drug-likeness (QED) is 0.454. The topological polar surface area (TPSA) is 69.0 Å². The molecular weight excluding hydrogens is 451 g/mol. The molecule has 2 heterocycles. The fraction of sp³-hybridized carbons (Fsp3) is 0.346. The maximum atomic E-state index is 13.9. The Bertz CT molecular complexity index is 1270. The summed E-state index contributed by atoms with van der Waals surface area (Å²) >= 11 is 1.57. The average Bonchev–Trinajstić information content (AvgIpc) is 3.19. The number of anilines is 1. The number of fused-ring (bicyclic) bond motifs is 1. The van der Waals surface area contributed by atoms with E-state index in [1.54, 1.807) is 30.0 Å². The van der Waals surface area contributed by atoms with E-state index in [9.17, 15) is 9.18 Å². The molecular formula is C26H27FN4O2S. The first-order chi connectivity index (χ1) is 16.3. The third-order valence-electron chi connectivity index (χ3n) is 6.13. The van der Waals surface area contributed by atoms with Crippen LogP contribution < -0.4 is 10.1 Å². The minimum absolute atomic E-state index is 0.110. The van der Waals surface area contributed by atoms with Gasteiger partial charge in [-0.15, -0.1) is 5.10 Å². The molecule has 0 saturated carbocycles. The number of allylic oxidation sites excluding steroid dienone is 2. The molecule has 1 unspecified atom stereocenters. The van der Waals surface area contributed by atoms with Crippen molar-refractivity contribution in [1.29, 1.82) is 0 Å². The summed E-state index contributed by atoms with van der Waals surface area (Å²) in [4.78, 5) is 18.0. The molecule has 2 aromatic carbocycles. The molecule has 1 N–H and O–H groups in total. The van der Waals surface area contributed by atoms with Crippen molar-refractivity contribution in [2.45, 2.75) is 51.4 Å². The third-order valence-corrected chi connectivity index (χ3v) is 6.85. The van der Waals surface area contributed by atoms with Gasteiger partial charge in [0.25, 0.3) is 0 Å². The maximum absolute atomic E-state index is 13.9. The second kappa shape index (κ2) is 8.91.